The Hall–Kier alpha value is -3.96. The Labute approximate surface area is 261 Å². The lowest BCUT2D eigenvalue weighted by atomic mass is 9.95. The zero-order valence-corrected chi connectivity index (χ0v) is 26.6. The standard InChI is InChI=1S/C33H41F3N2O7/c1-20-23-15-16-38(30(40)26(18-29(39)42-6)37(5)31(41)45-32(2,3)4)25(23)13-14-27(20)43-19-21-11-12-24(22-9-7-8-10-22)28(17-21)44-33(34,35)36/h11-14,17,22,26H,7-10,15-16,18-19H2,1-6H3/t26-/m1/s1. The van der Waals surface area contributed by atoms with E-state index in [1.165, 1.54) is 25.1 Å². The number of anilines is 1. The summed E-state index contributed by atoms with van der Waals surface area (Å²) in [4.78, 5) is 41.4. The number of methoxy groups -OCH3 is 1. The van der Waals surface area contributed by atoms with Crippen LogP contribution in [0.5, 0.6) is 11.5 Å². The van der Waals surface area contributed by atoms with Gasteiger partial charge in [0.05, 0.1) is 13.5 Å². The summed E-state index contributed by atoms with van der Waals surface area (Å²) in [7, 11) is 2.62. The molecule has 1 aliphatic heterocycles. The molecule has 0 bridgehead atoms. The molecule has 1 saturated carbocycles. The zero-order valence-electron chi connectivity index (χ0n) is 26.6. The Bertz CT molecular complexity index is 1410. The fourth-order valence-corrected chi connectivity index (χ4v) is 5.91. The molecule has 0 saturated heterocycles. The van der Waals surface area contributed by atoms with Crippen molar-refractivity contribution in [1.82, 2.24) is 4.90 Å². The average molecular weight is 635 g/mol. The minimum atomic E-state index is -4.80. The first kappa shape index (κ1) is 33.9. The van der Waals surface area contributed by atoms with Gasteiger partial charge in [-0.25, -0.2) is 4.79 Å². The molecule has 0 N–H and O–H groups in total. The van der Waals surface area contributed by atoms with Gasteiger partial charge in [0, 0.05) is 19.3 Å². The van der Waals surface area contributed by atoms with Gasteiger partial charge >= 0.3 is 18.4 Å². The third kappa shape index (κ3) is 8.40. The van der Waals surface area contributed by atoms with E-state index in [1.54, 1.807) is 45.0 Å². The van der Waals surface area contributed by atoms with Crippen LogP contribution in [-0.4, -0.2) is 61.6 Å². The van der Waals surface area contributed by atoms with E-state index in [1.807, 2.05) is 6.92 Å². The molecule has 1 aliphatic carbocycles. The van der Waals surface area contributed by atoms with Crippen molar-refractivity contribution >= 4 is 23.7 Å². The molecule has 12 heteroatoms. The Morgan fingerprint density at radius 3 is 2.36 bits per heavy atom. The second kappa shape index (κ2) is 13.6. The summed E-state index contributed by atoms with van der Waals surface area (Å²) in [5, 5.41) is 0. The van der Waals surface area contributed by atoms with Gasteiger partial charge in [0.2, 0.25) is 0 Å². The Balaban J connectivity index is 1.52. The van der Waals surface area contributed by atoms with Crippen molar-refractivity contribution in [2.24, 2.45) is 0 Å². The quantitative estimate of drug-likeness (QED) is 0.280. The van der Waals surface area contributed by atoms with Crippen molar-refractivity contribution in [3.05, 3.63) is 52.6 Å². The van der Waals surface area contributed by atoms with Gasteiger partial charge in [0.25, 0.3) is 5.91 Å². The van der Waals surface area contributed by atoms with E-state index in [0.29, 0.717) is 35.5 Å². The van der Waals surface area contributed by atoms with Crippen LogP contribution in [0.4, 0.5) is 23.7 Å². The van der Waals surface area contributed by atoms with Crippen LogP contribution < -0.4 is 14.4 Å². The van der Waals surface area contributed by atoms with Gasteiger partial charge in [0.15, 0.2) is 0 Å². The number of hydrogen-bond donors (Lipinski definition) is 0. The fourth-order valence-electron chi connectivity index (χ4n) is 5.91. The van der Waals surface area contributed by atoms with Crippen molar-refractivity contribution in [1.29, 1.82) is 0 Å². The van der Waals surface area contributed by atoms with Crippen molar-refractivity contribution in [2.75, 3.05) is 25.6 Å². The fraction of sp³-hybridized carbons (Fsp3) is 0.545. The predicted octanol–water partition coefficient (Wildman–Crippen LogP) is 6.82. The van der Waals surface area contributed by atoms with E-state index >= 15 is 0 Å². The number of halogens is 3. The van der Waals surface area contributed by atoms with Crippen LogP contribution in [0.2, 0.25) is 0 Å². The summed E-state index contributed by atoms with van der Waals surface area (Å²) < 4.78 is 60.3. The number of carbonyl (C=O) groups excluding carboxylic acids is 3. The predicted molar refractivity (Wildman–Crippen MR) is 160 cm³/mol. The number of esters is 1. The number of benzene rings is 2. The summed E-state index contributed by atoms with van der Waals surface area (Å²) in [6, 6.07) is 7.14. The van der Waals surface area contributed by atoms with E-state index in [4.69, 9.17) is 14.2 Å². The number of carbonyl (C=O) groups is 3. The minimum absolute atomic E-state index is 0.0172. The van der Waals surface area contributed by atoms with Crippen LogP contribution in [0.3, 0.4) is 0 Å². The van der Waals surface area contributed by atoms with Gasteiger partial charge in [-0.3, -0.25) is 14.5 Å². The zero-order chi connectivity index (χ0) is 33.1. The monoisotopic (exact) mass is 634 g/mol. The van der Waals surface area contributed by atoms with Gasteiger partial charge < -0.3 is 23.8 Å². The Kier molecular flexibility index (Phi) is 10.2. The molecule has 1 fully saturated rings. The highest BCUT2D eigenvalue weighted by Crippen LogP contribution is 2.41. The highest BCUT2D eigenvalue weighted by molar-refractivity contribution is 6.02. The lowest BCUT2D eigenvalue weighted by molar-refractivity contribution is -0.275. The summed E-state index contributed by atoms with van der Waals surface area (Å²) in [5.41, 5.74) is 2.55. The maximum absolute atomic E-state index is 13.8. The lowest BCUT2D eigenvalue weighted by Crippen LogP contribution is -2.51. The van der Waals surface area contributed by atoms with E-state index in [-0.39, 0.29) is 24.7 Å². The third-order valence-electron chi connectivity index (χ3n) is 8.18. The molecular weight excluding hydrogens is 593 g/mol. The molecule has 0 aromatic heterocycles. The molecule has 0 spiro atoms. The van der Waals surface area contributed by atoms with E-state index in [0.717, 1.165) is 41.7 Å². The Morgan fingerprint density at radius 1 is 1.04 bits per heavy atom. The number of amides is 2. The topological polar surface area (TPSA) is 94.6 Å². The normalized spacial score (nSPS) is 15.8. The molecule has 246 valence electrons. The van der Waals surface area contributed by atoms with E-state index in [2.05, 4.69) is 4.74 Å². The molecule has 0 unspecified atom stereocenters. The highest BCUT2D eigenvalue weighted by atomic mass is 19.4. The average Bonchev–Trinajstić information content (AvgIpc) is 3.64. The Morgan fingerprint density at radius 2 is 1.73 bits per heavy atom. The molecule has 2 aromatic carbocycles. The second-order valence-electron chi connectivity index (χ2n) is 12.5. The van der Waals surface area contributed by atoms with Gasteiger partial charge in [-0.2, -0.15) is 0 Å². The van der Waals surface area contributed by atoms with Crippen LogP contribution in [0.15, 0.2) is 30.3 Å². The number of rotatable bonds is 9. The van der Waals surface area contributed by atoms with Gasteiger partial charge in [-0.05, 0) is 93.3 Å². The lowest BCUT2D eigenvalue weighted by Gasteiger charge is -2.32. The van der Waals surface area contributed by atoms with Crippen molar-refractivity contribution < 1.29 is 46.5 Å². The molecule has 4 rings (SSSR count). The molecule has 45 heavy (non-hydrogen) atoms. The molecular formula is C33H41F3N2O7. The van der Waals surface area contributed by atoms with Crippen LogP contribution in [-0.2, 0) is 32.1 Å². The van der Waals surface area contributed by atoms with Gasteiger partial charge in [-0.1, -0.05) is 25.0 Å². The van der Waals surface area contributed by atoms with Crippen LogP contribution in [0.25, 0.3) is 0 Å². The number of ether oxygens (including phenoxy) is 4. The van der Waals surface area contributed by atoms with E-state index < -0.39 is 36.0 Å². The summed E-state index contributed by atoms with van der Waals surface area (Å²) in [5.74, 6) is -0.729. The number of fused-ring (bicyclic) bond motifs is 1. The van der Waals surface area contributed by atoms with Gasteiger partial charge in [0.1, 0.15) is 29.7 Å². The minimum Gasteiger partial charge on any atom is -0.489 e. The third-order valence-corrected chi connectivity index (χ3v) is 8.18. The molecule has 1 heterocycles. The maximum atomic E-state index is 13.8. The largest absolute Gasteiger partial charge is 0.573 e. The van der Waals surface area contributed by atoms with Gasteiger partial charge in [-0.15, -0.1) is 13.2 Å². The summed E-state index contributed by atoms with van der Waals surface area (Å²) in [6.07, 6.45) is -1.77. The summed E-state index contributed by atoms with van der Waals surface area (Å²) in [6.45, 7) is 7.30. The number of hydrogen-bond acceptors (Lipinski definition) is 7. The molecule has 0 radical (unpaired) electrons. The van der Waals surface area contributed by atoms with E-state index in [9.17, 15) is 27.6 Å². The molecule has 2 aromatic rings. The number of alkyl halides is 3. The molecule has 2 aliphatic rings. The van der Waals surface area contributed by atoms with Crippen LogP contribution in [0, 0.1) is 6.92 Å². The first-order valence-electron chi connectivity index (χ1n) is 15.1. The van der Waals surface area contributed by atoms with Crippen molar-refractivity contribution in [2.45, 2.75) is 96.7 Å². The van der Waals surface area contributed by atoms with Crippen molar-refractivity contribution in [3.63, 3.8) is 0 Å². The first-order chi connectivity index (χ1) is 21.1. The van der Waals surface area contributed by atoms with Crippen LogP contribution in [0.1, 0.15) is 81.0 Å². The summed E-state index contributed by atoms with van der Waals surface area (Å²) >= 11 is 0. The van der Waals surface area contributed by atoms with Crippen molar-refractivity contribution in [3.8, 4) is 11.5 Å². The SMILES string of the molecule is COC(=O)C[C@H](C(=O)N1CCc2c1ccc(OCc1ccc(C3CCCC3)c(OC(F)(F)F)c1)c2C)N(C)C(=O)OC(C)(C)C. The number of likely N-dealkylation sites (N-methyl/N-ethyl adjacent to an activating group) is 1. The molecule has 9 nitrogen and oxygen atoms in total. The van der Waals surface area contributed by atoms with Crippen LogP contribution >= 0.6 is 0 Å². The first-order valence-corrected chi connectivity index (χ1v) is 15.1. The smallest absolute Gasteiger partial charge is 0.489 e. The second-order valence-corrected chi connectivity index (χ2v) is 12.5. The molecule has 2 amide bonds. The number of nitrogens with zero attached hydrogens (tertiary/aromatic N) is 2. The molecule has 1 atom stereocenters. The highest BCUT2D eigenvalue weighted by Gasteiger charge is 2.38. The maximum Gasteiger partial charge on any atom is 0.573 e.